The van der Waals surface area contributed by atoms with Crippen molar-refractivity contribution in [3.05, 3.63) is 28.3 Å². The Hall–Kier alpha value is -1.98. The first-order valence-electron chi connectivity index (χ1n) is 5.20. The molecule has 1 heterocycles. The third kappa shape index (κ3) is 1.86. The van der Waals surface area contributed by atoms with Crippen molar-refractivity contribution >= 4 is 16.7 Å². The van der Waals surface area contributed by atoms with Gasteiger partial charge in [-0.15, -0.1) is 5.10 Å². The normalized spacial score (nSPS) is 10.8. The van der Waals surface area contributed by atoms with Crippen LogP contribution in [0.25, 0.3) is 11.0 Å². The molecule has 16 heavy (non-hydrogen) atoms. The summed E-state index contributed by atoms with van der Waals surface area (Å²) >= 11 is 0. The summed E-state index contributed by atoms with van der Waals surface area (Å²) in [7, 11) is 0. The molecule has 2 aromatic rings. The van der Waals surface area contributed by atoms with Gasteiger partial charge in [-0.05, 0) is 12.5 Å². The highest BCUT2D eigenvalue weighted by molar-refractivity contribution is 5.83. The maximum absolute atomic E-state index is 10.8. The summed E-state index contributed by atoms with van der Waals surface area (Å²) in [5, 5.41) is 19.1. The maximum Gasteiger partial charge on any atom is 0.299 e. The number of rotatable bonds is 4. The predicted molar refractivity (Wildman–Crippen MR) is 59.1 cm³/mol. The number of hydrogen-bond donors (Lipinski definition) is 0. The Labute approximate surface area is 92.0 Å². The van der Waals surface area contributed by atoms with Crippen LogP contribution in [0.4, 0.5) is 5.69 Å². The van der Waals surface area contributed by atoms with Crippen LogP contribution in [0.15, 0.2) is 18.2 Å². The highest BCUT2D eigenvalue weighted by Crippen LogP contribution is 2.21. The van der Waals surface area contributed by atoms with Gasteiger partial charge in [0.15, 0.2) is 5.52 Å². The Morgan fingerprint density at radius 2 is 2.25 bits per heavy atom. The van der Waals surface area contributed by atoms with E-state index < -0.39 is 4.92 Å². The molecule has 0 aliphatic heterocycles. The second-order valence-electron chi connectivity index (χ2n) is 3.55. The second kappa shape index (κ2) is 4.26. The van der Waals surface area contributed by atoms with E-state index >= 15 is 0 Å². The summed E-state index contributed by atoms with van der Waals surface area (Å²) in [5.41, 5.74) is 0.953. The van der Waals surface area contributed by atoms with Crippen molar-refractivity contribution < 1.29 is 4.92 Å². The molecule has 6 heteroatoms. The number of unbranched alkanes of at least 4 members (excludes halogenated alkanes) is 1. The third-order valence-corrected chi connectivity index (χ3v) is 2.34. The van der Waals surface area contributed by atoms with Gasteiger partial charge >= 0.3 is 0 Å². The molecule has 0 saturated carbocycles. The molecule has 0 aliphatic carbocycles. The number of benzene rings is 1. The van der Waals surface area contributed by atoms with E-state index in [0.717, 1.165) is 12.8 Å². The smallest absolute Gasteiger partial charge is 0.258 e. The summed E-state index contributed by atoms with van der Waals surface area (Å²) in [6.07, 6.45) is 2.01. The summed E-state index contributed by atoms with van der Waals surface area (Å²) in [6, 6.07) is 4.80. The highest BCUT2D eigenvalue weighted by Gasteiger charge is 2.15. The SMILES string of the molecule is CCCCn1nc2cccc([N+](=O)[O-])c2n1. The standard InChI is InChI=1S/C10H12N4O2/c1-2-3-7-13-11-8-5-4-6-9(14(15)16)10(8)12-13/h4-6H,2-3,7H2,1H3. The number of fused-ring (bicyclic) bond motifs is 1. The number of nitro benzene ring substituents is 1. The van der Waals surface area contributed by atoms with Crippen molar-refractivity contribution in [1.29, 1.82) is 0 Å². The molecule has 0 atom stereocenters. The number of non-ortho nitro benzene ring substituents is 1. The van der Waals surface area contributed by atoms with Crippen molar-refractivity contribution in [3.8, 4) is 0 Å². The Morgan fingerprint density at radius 1 is 1.44 bits per heavy atom. The number of nitro groups is 1. The Kier molecular flexibility index (Phi) is 2.80. The first-order chi connectivity index (χ1) is 7.72. The van der Waals surface area contributed by atoms with Crippen LogP contribution in [0.1, 0.15) is 19.8 Å². The number of aromatic nitrogens is 3. The van der Waals surface area contributed by atoms with Crippen LogP contribution in [0.2, 0.25) is 0 Å². The van der Waals surface area contributed by atoms with Crippen LogP contribution in [0.3, 0.4) is 0 Å². The molecule has 0 radical (unpaired) electrons. The minimum absolute atomic E-state index is 0.0141. The Bertz CT molecular complexity index is 521. The topological polar surface area (TPSA) is 73.8 Å². The molecule has 0 fully saturated rings. The molecule has 0 amide bonds. The minimum atomic E-state index is -0.429. The average Bonchev–Trinajstić information content (AvgIpc) is 2.68. The van der Waals surface area contributed by atoms with Crippen LogP contribution in [-0.4, -0.2) is 19.9 Å². The fourth-order valence-corrected chi connectivity index (χ4v) is 1.51. The van der Waals surface area contributed by atoms with Gasteiger partial charge in [-0.2, -0.15) is 9.90 Å². The molecule has 0 spiro atoms. The molecule has 0 N–H and O–H groups in total. The summed E-state index contributed by atoms with van der Waals surface area (Å²) in [6.45, 7) is 2.77. The predicted octanol–water partition coefficient (Wildman–Crippen LogP) is 2.14. The zero-order valence-corrected chi connectivity index (χ0v) is 8.96. The summed E-state index contributed by atoms with van der Waals surface area (Å²) < 4.78 is 0. The summed E-state index contributed by atoms with van der Waals surface area (Å²) in [4.78, 5) is 11.9. The van der Waals surface area contributed by atoms with Gasteiger partial charge in [-0.3, -0.25) is 10.1 Å². The molecule has 6 nitrogen and oxygen atoms in total. The quantitative estimate of drug-likeness (QED) is 0.584. The van der Waals surface area contributed by atoms with E-state index in [2.05, 4.69) is 17.1 Å². The van der Waals surface area contributed by atoms with Gasteiger partial charge in [0.1, 0.15) is 5.52 Å². The van der Waals surface area contributed by atoms with E-state index in [1.807, 2.05) is 0 Å². The zero-order chi connectivity index (χ0) is 11.5. The molecule has 0 saturated heterocycles. The fraction of sp³-hybridized carbons (Fsp3) is 0.400. The fourth-order valence-electron chi connectivity index (χ4n) is 1.51. The number of nitrogens with zero attached hydrogens (tertiary/aromatic N) is 4. The van der Waals surface area contributed by atoms with Crippen LogP contribution in [-0.2, 0) is 6.54 Å². The Balaban J connectivity index is 2.44. The van der Waals surface area contributed by atoms with E-state index in [0.29, 0.717) is 17.6 Å². The molecule has 1 aromatic heterocycles. The number of hydrogen-bond acceptors (Lipinski definition) is 4. The molecule has 84 valence electrons. The van der Waals surface area contributed by atoms with Crippen molar-refractivity contribution in [1.82, 2.24) is 15.0 Å². The van der Waals surface area contributed by atoms with Crippen molar-refractivity contribution in [2.24, 2.45) is 0 Å². The maximum atomic E-state index is 10.8. The van der Waals surface area contributed by atoms with Crippen molar-refractivity contribution in [3.63, 3.8) is 0 Å². The van der Waals surface area contributed by atoms with Crippen LogP contribution in [0, 0.1) is 10.1 Å². The molecule has 1 aromatic carbocycles. The lowest BCUT2D eigenvalue weighted by Gasteiger charge is -1.94. The molecular formula is C10H12N4O2. The van der Waals surface area contributed by atoms with Gasteiger partial charge in [0.2, 0.25) is 0 Å². The third-order valence-electron chi connectivity index (χ3n) is 2.34. The van der Waals surface area contributed by atoms with E-state index in [-0.39, 0.29) is 5.69 Å². The van der Waals surface area contributed by atoms with E-state index in [1.54, 1.807) is 12.1 Å². The molecule has 0 aliphatic rings. The number of aryl methyl sites for hydroxylation is 1. The molecular weight excluding hydrogens is 208 g/mol. The van der Waals surface area contributed by atoms with Gasteiger partial charge < -0.3 is 0 Å². The van der Waals surface area contributed by atoms with Crippen molar-refractivity contribution in [2.45, 2.75) is 26.3 Å². The second-order valence-corrected chi connectivity index (χ2v) is 3.55. The van der Waals surface area contributed by atoms with E-state index in [4.69, 9.17) is 0 Å². The van der Waals surface area contributed by atoms with E-state index in [1.165, 1.54) is 10.9 Å². The molecule has 2 rings (SSSR count). The van der Waals surface area contributed by atoms with Crippen molar-refractivity contribution in [2.75, 3.05) is 0 Å². The highest BCUT2D eigenvalue weighted by atomic mass is 16.6. The van der Waals surface area contributed by atoms with Gasteiger partial charge in [-0.25, -0.2) is 0 Å². The van der Waals surface area contributed by atoms with Crippen LogP contribution < -0.4 is 0 Å². The van der Waals surface area contributed by atoms with Gasteiger partial charge in [0, 0.05) is 6.07 Å². The lowest BCUT2D eigenvalue weighted by molar-refractivity contribution is -0.383. The first-order valence-corrected chi connectivity index (χ1v) is 5.20. The average molecular weight is 220 g/mol. The molecule has 0 unspecified atom stereocenters. The van der Waals surface area contributed by atoms with E-state index in [9.17, 15) is 10.1 Å². The first kappa shape index (κ1) is 10.5. The minimum Gasteiger partial charge on any atom is -0.258 e. The lowest BCUT2D eigenvalue weighted by Crippen LogP contribution is -2.01. The Morgan fingerprint density at radius 3 is 2.94 bits per heavy atom. The summed E-state index contributed by atoms with van der Waals surface area (Å²) in [5.74, 6) is 0. The van der Waals surface area contributed by atoms with Crippen LogP contribution in [0.5, 0.6) is 0 Å². The molecule has 0 bridgehead atoms. The zero-order valence-electron chi connectivity index (χ0n) is 8.96. The van der Waals surface area contributed by atoms with Gasteiger partial charge in [-0.1, -0.05) is 19.4 Å². The van der Waals surface area contributed by atoms with Crippen LogP contribution >= 0.6 is 0 Å². The van der Waals surface area contributed by atoms with Gasteiger partial charge in [0.05, 0.1) is 11.5 Å². The van der Waals surface area contributed by atoms with Gasteiger partial charge in [0.25, 0.3) is 5.69 Å². The largest absolute Gasteiger partial charge is 0.299 e. The monoisotopic (exact) mass is 220 g/mol. The lowest BCUT2D eigenvalue weighted by atomic mass is 10.3.